The monoisotopic (exact) mass is 273 g/mol. The number of nitrogens with one attached hydrogen (secondary N) is 1. The van der Waals surface area contributed by atoms with Crippen LogP contribution in [0.3, 0.4) is 0 Å². The summed E-state index contributed by atoms with van der Waals surface area (Å²) in [5, 5.41) is 15.6. The van der Waals surface area contributed by atoms with E-state index in [9.17, 15) is 5.11 Å². The first-order chi connectivity index (χ1) is 9.33. The van der Waals surface area contributed by atoms with Crippen molar-refractivity contribution < 1.29 is 5.11 Å². The van der Waals surface area contributed by atoms with Gasteiger partial charge in [0, 0.05) is 17.5 Å². The van der Waals surface area contributed by atoms with Gasteiger partial charge in [0.15, 0.2) is 0 Å². The second-order valence-corrected chi connectivity index (χ2v) is 6.13. The van der Waals surface area contributed by atoms with Gasteiger partial charge in [0.25, 0.3) is 0 Å². The van der Waals surface area contributed by atoms with Crippen LogP contribution in [0.15, 0.2) is 41.8 Å². The number of hydrogen-bond donors (Lipinski definition) is 2. The van der Waals surface area contributed by atoms with Crippen LogP contribution in [0, 0.1) is 0 Å². The smallest absolute Gasteiger partial charge is 0.101 e. The molecular formula is C16H19NOS. The van der Waals surface area contributed by atoms with Crippen molar-refractivity contribution >= 4 is 11.3 Å². The highest BCUT2D eigenvalue weighted by Gasteiger charge is 2.19. The van der Waals surface area contributed by atoms with E-state index in [1.165, 1.54) is 11.1 Å². The first kappa shape index (κ1) is 12.9. The molecule has 0 spiro atoms. The molecule has 0 saturated carbocycles. The third kappa shape index (κ3) is 3.06. The third-order valence-electron chi connectivity index (χ3n) is 3.82. The zero-order chi connectivity index (χ0) is 13.1. The molecule has 0 fully saturated rings. The standard InChI is InChI=1S/C16H19NOS/c18-15(16-6-3-9-19-16)11-17-14-8-7-12-4-1-2-5-13(12)10-14/h1-6,9,14-15,17-18H,7-8,10-11H2. The largest absolute Gasteiger partial charge is 0.386 e. The maximum absolute atomic E-state index is 10.1. The fourth-order valence-electron chi connectivity index (χ4n) is 2.73. The summed E-state index contributed by atoms with van der Waals surface area (Å²) in [6, 6.07) is 13.2. The Kier molecular flexibility index (Phi) is 3.97. The van der Waals surface area contributed by atoms with Crippen molar-refractivity contribution in [2.75, 3.05) is 6.54 Å². The van der Waals surface area contributed by atoms with E-state index in [-0.39, 0.29) is 6.10 Å². The number of hydrogen-bond acceptors (Lipinski definition) is 3. The van der Waals surface area contributed by atoms with Gasteiger partial charge in [0.2, 0.25) is 0 Å². The van der Waals surface area contributed by atoms with Crippen LogP contribution in [-0.2, 0) is 12.8 Å². The number of benzene rings is 1. The molecule has 1 aliphatic rings. The molecule has 2 unspecified atom stereocenters. The van der Waals surface area contributed by atoms with Gasteiger partial charge in [0.05, 0.1) is 0 Å². The maximum atomic E-state index is 10.1. The predicted octanol–water partition coefficient (Wildman–Crippen LogP) is 2.93. The average Bonchev–Trinajstić information content (AvgIpc) is 2.99. The fourth-order valence-corrected chi connectivity index (χ4v) is 3.44. The normalized spacial score (nSPS) is 19.9. The Balaban J connectivity index is 1.55. The molecule has 0 radical (unpaired) electrons. The van der Waals surface area contributed by atoms with Gasteiger partial charge in [-0.25, -0.2) is 0 Å². The Labute approximate surface area is 118 Å². The van der Waals surface area contributed by atoms with Gasteiger partial charge in [-0.2, -0.15) is 0 Å². The molecule has 2 N–H and O–H groups in total. The molecule has 3 heteroatoms. The Bertz CT molecular complexity index is 523. The number of rotatable bonds is 4. The minimum Gasteiger partial charge on any atom is -0.386 e. The molecule has 2 nitrogen and oxygen atoms in total. The van der Waals surface area contributed by atoms with Crippen LogP contribution in [0.5, 0.6) is 0 Å². The van der Waals surface area contributed by atoms with Crippen molar-refractivity contribution in [2.24, 2.45) is 0 Å². The zero-order valence-corrected chi connectivity index (χ0v) is 11.7. The second-order valence-electron chi connectivity index (χ2n) is 5.15. The van der Waals surface area contributed by atoms with E-state index in [4.69, 9.17) is 0 Å². The van der Waals surface area contributed by atoms with Gasteiger partial charge in [-0.1, -0.05) is 30.3 Å². The van der Waals surface area contributed by atoms with Crippen molar-refractivity contribution in [1.29, 1.82) is 0 Å². The van der Waals surface area contributed by atoms with E-state index in [2.05, 4.69) is 29.6 Å². The van der Waals surface area contributed by atoms with Crippen LogP contribution in [0.1, 0.15) is 28.5 Å². The number of thiophene rings is 1. The lowest BCUT2D eigenvalue weighted by Crippen LogP contribution is -2.37. The molecule has 0 saturated heterocycles. The number of aryl methyl sites for hydroxylation is 1. The topological polar surface area (TPSA) is 32.3 Å². The van der Waals surface area contributed by atoms with Crippen LogP contribution in [0.25, 0.3) is 0 Å². The molecule has 0 bridgehead atoms. The lowest BCUT2D eigenvalue weighted by atomic mass is 9.88. The Morgan fingerprint density at radius 1 is 1.21 bits per heavy atom. The minimum atomic E-state index is -0.378. The fraction of sp³-hybridized carbons (Fsp3) is 0.375. The summed E-state index contributed by atoms with van der Waals surface area (Å²) in [7, 11) is 0. The van der Waals surface area contributed by atoms with Gasteiger partial charge in [-0.05, 0) is 41.8 Å². The third-order valence-corrected chi connectivity index (χ3v) is 4.79. The molecule has 1 aromatic carbocycles. The van der Waals surface area contributed by atoms with Gasteiger partial charge in [0.1, 0.15) is 6.10 Å². The SMILES string of the molecule is OC(CNC1CCc2ccccc2C1)c1cccs1. The molecular weight excluding hydrogens is 254 g/mol. The second kappa shape index (κ2) is 5.87. The molecule has 1 aliphatic carbocycles. The molecule has 1 heterocycles. The van der Waals surface area contributed by atoms with Crippen LogP contribution in [0.2, 0.25) is 0 Å². The quantitative estimate of drug-likeness (QED) is 0.897. The molecule has 2 atom stereocenters. The lowest BCUT2D eigenvalue weighted by Gasteiger charge is -2.26. The van der Waals surface area contributed by atoms with E-state index < -0.39 is 0 Å². The van der Waals surface area contributed by atoms with E-state index in [0.29, 0.717) is 12.6 Å². The van der Waals surface area contributed by atoms with Crippen molar-refractivity contribution in [1.82, 2.24) is 5.32 Å². The van der Waals surface area contributed by atoms with Gasteiger partial charge >= 0.3 is 0 Å². The van der Waals surface area contributed by atoms with Crippen LogP contribution in [-0.4, -0.2) is 17.7 Å². The highest BCUT2D eigenvalue weighted by atomic mass is 32.1. The van der Waals surface area contributed by atoms with E-state index in [1.807, 2.05) is 17.5 Å². The van der Waals surface area contributed by atoms with Crippen LogP contribution < -0.4 is 5.32 Å². The van der Waals surface area contributed by atoms with Crippen molar-refractivity contribution in [2.45, 2.75) is 31.4 Å². The zero-order valence-electron chi connectivity index (χ0n) is 10.9. The number of fused-ring (bicyclic) bond motifs is 1. The highest BCUT2D eigenvalue weighted by Crippen LogP contribution is 2.22. The molecule has 1 aromatic heterocycles. The molecule has 19 heavy (non-hydrogen) atoms. The van der Waals surface area contributed by atoms with Gasteiger partial charge in [-0.3, -0.25) is 0 Å². The Morgan fingerprint density at radius 3 is 2.84 bits per heavy atom. The Hall–Kier alpha value is -1.16. The summed E-state index contributed by atoms with van der Waals surface area (Å²) in [5.74, 6) is 0. The van der Waals surface area contributed by atoms with E-state index >= 15 is 0 Å². The molecule has 0 amide bonds. The van der Waals surface area contributed by atoms with Gasteiger partial charge in [-0.15, -0.1) is 11.3 Å². The molecule has 2 aromatic rings. The summed E-state index contributed by atoms with van der Waals surface area (Å²) in [4.78, 5) is 1.05. The first-order valence-electron chi connectivity index (χ1n) is 6.84. The number of aliphatic hydroxyl groups excluding tert-OH is 1. The summed E-state index contributed by atoms with van der Waals surface area (Å²) in [6.07, 6.45) is 3.00. The van der Waals surface area contributed by atoms with Crippen LogP contribution >= 0.6 is 11.3 Å². The van der Waals surface area contributed by atoms with Crippen LogP contribution in [0.4, 0.5) is 0 Å². The highest BCUT2D eigenvalue weighted by molar-refractivity contribution is 7.10. The molecule has 3 rings (SSSR count). The summed E-state index contributed by atoms with van der Waals surface area (Å²) >= 11 is 1.62. The van der Waals surface area contributed by atoms with Crippen molar-refractivity contribution in [3.05, 3.63) is 57.8 Å². The number of aliphatic hydroxyl groups is 1. The van der Waals surface area contributed by atoms with Crippen molar-refractivity contribution in [3.8, 4) is 0 Å². The van der Waals surface area contributed by atoms with E-state index in [0.717, 1.165) is 24.1 Å². The maximum Gasteiger partial charge on any atom is 0.101 e. The van der Waals surface area contributed by atoms with Crippen molar-refractivity contribution in [3.63, 3.8) is 0 Å². The van der Waals surface area contributed by atoms with E-state index in [1.54, 1.807) is 11.3 Å². The molecule has 0 aliphatic heterocycles. The predicted molar refractivity (Wildman–Crippen MR) is 79.5 cm³/mol. The summed E-state index contributed by atoms with van der Waals surface area (Å²) in [6.45, 7) is 0.646. The lowest BCUT2D eigenvalue weighted by molar-refractivity contribution is 0.172. The first-order valence-corrected chi connectivity index (χ1v) is 7.72. The Morgan fingerprint density at radius 2 is 2.05 bits per heavy atom. The minimum absolute atomic E-state index is 0.378. The summed E-state index contributed by atoms with van der Waals surface area (Å²) < 4.78 is 0. The van der Waals surface area contributed by atoms with Gasteiger partial charge < -0.3 is 10.4 Å². The molecule has 100 valence electrons. The summed E-state index contributed by atoms with van der Waals surface area (Å²) in [5.41, 5.74) is 2.94. The average molecular weight is 273 g/mol.